The topological polar surface area (TPSA) is 37.4 Å². The monoisotopic (exact) mass is 281 g/mol. The van der Waals surface area contributed by atoms with Crippen LogP contribution in [0.2, 0.25) is 0 Å². The maximum Gasteiger partial charge on any atom is 0.289 e. The highest BCUT2D eigenvalue weighted by atomic mass is 32.2. The Morgan fingerprint density at radius 2 is 1.95 bits per heavy atom. The van der Waals surface area contributed by atoms with Gasteiger partial charge in [-0.1, -0.05) is 37.2 Å². The molecule has 5 heteroatoms. The number of halogens is 1. The van der Waals surface area contributed by atoms with Crippen molar-refractivity contribution in [3.05, 3.63) is 35.6 Å². The summed E-state index contributed by atoms with van der Waals surface area (Å²) in [6.45, 7) is 2.52. The second-order valence-corrected chi connectivity index (χ2v) is 5.70. The normalized spacial score (nSPS) is 19.3. The summed E-state index contributed by atoms with van der Waals surface area (Å²) in [5, 5.41) is -0.527. The molecule has 1 fully saturated rings. The molecule has 3 nitrogen and oxygen atoms in total. The average Bonchev–Trinajstić information content (AvgIpc) is 2.65. The van der Waals surface area contributed by atoms with Gasteiger partial charge in [-0.25, -0.2) is 4.39 Å². The fourth-order valence-electron chi connectivity index (χ4n) is 1.98. The Kier molecular flexibility index (Phi) is 4.58. The number of carbonyl (C=O) groups is 2. The minimum Gasteiger partial charge on any atom is -0.273 e. The zero-order valence-corrected chi connectivity index (χ0v) is 11.6. The van der Waals surface area contributed by atoms with Crippen molar-refractivity contribution >= 4 is 22.9 Å². The minimum atomic E-state index is -0.366. The maximum atomic E-state index is 12.8. The number of carbonyl (C=O) groups excluding carboxylic acids is 2. The number of thioether (sulfide) groups is 1. The van der Waals surface area contributed by atoms with Crippen molar-refractivity contribution < 1.29 is 14.0 Å². The molecule has 1 aliphatic rings. The van der Waals surface area contributed by atoms with Crippen LogP contribution in [0.25, 0.3) is 0 Å². The van der Waals surface area contributed by atoms with Gasteiger partial charge in [-0.15, -0.1) is 0 Å². The number of nitrogens with zero attached hydrogens (tertiary/aromatic N) is 1. The standard InChI is InChI=1S/C14H16FNO2S/c1-2-3-8-16-13(17)12(19-14(16)18)9-10-4-6-11(15)7-5-10/h4-7,12H,2-3,8-9H2,1H3/t12-/m0/s1. The summed E-state index contributed by atoms with van der Waals surface area (Å²) in [4.78, 5) is 25.2. The minimum absolute atomic E-state index is 0.118. The van der Waals surface area contributed by atoms with Gasteiger partial charge in [0.2, 0.25) is 5.91 Å². The molecule has 1 atom stereocenters. The molecule has 0 spiro atoms. The van der Waals surface area contributed by atoms with E-state index >= 15 is 0 Å². The number of amides is 2. The number of hydrogen-bond acceptors (Lipinski definition) is 3. The third-order valence-corrected chi connectivity index (χ3v) is 4.15. The first-order valence-electron chi connectivity index (χ1n) is 6.38. The second-order valence-electron chi connectivity index (χ2n) is 4.55. The number of unbranched alkanes of at least 4 members (excludes halogenated alkanes) is 1. The van der Waals surface area contributed by atoms with Gasteiger partial charge in [-0.3, -0.25) is 14.5 Å². The van der Waals surface area contributed by atoms with Crippen LogP contribution in [0.5, 0.6) is 0 Å². The molecule has 1 aromatic carbocycles. The molecule has 0 saturated carbocycles. The molecule has 2 rings (SSSR count). The summed E-state index contributed by atoms with van der Waals surface area (Å²) < 4.78 is 12.8. The van der Waals surface area contributed by atoms with E-state index < -0.39 is 0 Å². The summed E-state index contributed by atoms with van der Waals surface area (Å²) >= 11 is 1.07. The van der Waals surface area contributed by atoms with Gasteiger partial charge in [0, 0.05) is 6.54 Å². The molecule has 1 saturated heterocycles. The largest absolute Gasteiger partial charge is 0.289 e. The van der Waals surface area contributed by atoms with Crippen LogP contribution in [-0.2, 0) is 11.2 Å². The van der Waals surface area contributed by atoms with Crippen molar-refractivity contribution in [3.63, 3.8) is 0 Å². The Balaban J connectivity index is 2.00. The van der Waals surface area contributed by atoms with E-state index in [1.165, 1.54) is 17.0 Å². The lowest BCUT2D eigenvalue weighted by Crippen LogP contribution is -2.33. The van der Waals surface area contributed by atoms with E-state index in [1.807, 2.05) is 6.92 Å². The van der Waals surface area contributed by atoms with E-state index in [0.717, 1.165) is 30.2 Å². The molecular weight excluding hydrogens is 265 g/mol. The van der Waals surface area contributed by atoms with E-state index in [0.29, 0.717) is 13.0 Å². The van der Waals surface area contributed by atoms with Gasteiger partial charge in [0.05, 0.1) is 5.25 Å². The highest BCUT2D eigenvalue weighted by molar-refractivity contribution is 8.15. The first-order valence-corrected chi connectivity index (χ1v) is 7.26. The van der Waals surface area contributed by atoms with Crippen LogP contribution < -0.4 is 0 Å². The molecule has 1 aliphatic heterocycles. The molecule has 0 bridgehead atoms. The van der Waals surface area contributed by atoms with Crippen LogP contribution >= 0.6 is 11.8 Å². The van der Waals surface area contributed by atoms with Crippen molar-refractivity contribution in [2.24, 2.45) is 0 Å². The van der Waals surface area contributed by atoms with E-state index in [1.54, 1.807) is 12.1 Å². The Morgan fingerprint density at radius 1 is 1.26 bits per heavy atom. The van der Waals surface area contributed by atoms with E-state index in [2.05, 4.69) is 0 Å². The number of benzene rings is 1. The second kappa shape index (κ2) is 6.19. The quantitative estimate of drug-likeness (QED) is 0.831. The molecule has 2 amide bonds. The molecular formula is C14H16FNO2S. The molecule has 0 aliphatic carbocycles. The Morgan fingerprint density at radius 3 is 2.58 bits per heavy atom. The third-order valence-electron chi connectivity index (χ3n) is 3.07. The number of imide groups is 1. The molecule has 102 valence electrons. The van der Waals surface area contributed by atoms with Crippen LogP contribution in [0.15, 0.2) is 24.3 Å². The van der Waals surface area contributed by atoms with Crippen molar-refractivity contribution in [1.29, 1.82) is 0 Å². The highest BCUT2D eigenvalue weighted by Gasteiger charge is 2.38. The summed E-state index contributed by atoms with van der Waals surface area (Å²) in [5.41, 5.74) is 0.873. The lowest BCUT2D eigenvalue weighted by molar-refractivity contribution is -0.126. The van der Waals surface area contributed by atoms with Gasteiger partial charge >= 0.3 is 0 Å². The fourth-order valence-corrected chi connectivity index (χ4v) is 3.04. The Labute approximate surface area is 116 Å². The smallest absolute Gasteiger partial charge is 0.273 e. The lowest BCUT2D eigenvalue weighted by atomic mass is 10.1. The van der Waals surface area contributed by atoms with Crippen molar-refractivity contribution in [1.82, 2.24) is 4.90 Å². The van der Waals surface area contributed by atoms with Gasteiger partial charge in [0.1, 0.15) is 5.82 Å². The van der Waals surface area contributed by atoms with E-state index in [-0.39, 0.29) is 22.2 Å². The van der Waals surface area contributed by atoms with Gasteiger partial charge in [-0.05, 0) is 30.5 Å². The zero-order chi connectivity index (χ0) is 13.8. The van der Waals surface area contributed by atoms with Gasteiger partial charge in [0.25, 0.3) is 5.24 Å². The molecule has 19 heavy (non-hydrogen) atoms. The van der Waals surface area contributed by atoms with Crippen LogP contribution in [0.1, 0.15) is 25.3 Å². The molecule has 0 radical (unpaired) electrons. The molecule has 0 unspecified atom stereocenters. The summed E-state index contributed by atoms with van der Waals surface area (Å²) in [5.74, 6) is -0.414. The van der Waals surface area contributed by atoms with Crippen LogP contribution in [0.3, 0.4) is 0 Å². The third kappa shape index (κ3) is 3.35. The SMILES string of the molecule is CCCCN1C(=O)S[C@@H](Cc2ccc(F)cc2)C1=O. The molecule has 1 aromatic rings. The maximum absolute atomic E-state index is 12.8. The van der Waals surface area contributed by atoms with Crippen molar-refractivity contribution in [2.75, 3.05) is 6.54 Å². The predicted octanol–water partition coefficient (Wildman–Crippen LogP) is 3.23. The van der Waals surface area contributed by atoms with Crippen molar-refractivity contribution in [3.8, 4) is 0 Å². The van der Waals surface area contributed by atoms with Crippen molar-refractivity contribution in [2.45, 2.75) is 31.4 Å². The average molecular weight is 281 g/mol. The highest BCUT2D eigenvalue weighted by Crippen LogP contribution is 2.29. The first kappa shape index (κ1) is 14.1. The molecule has 0 aromatic heterocycles. The molecule has 0 N–H and O–H groups in total. The lowest BCUT2D eigenvalue weighted by Gasteiger charge is -2.12. The van der Waals surface area contributed by atoms with Gasteiger partial charge < -0.3 is 0 Å². The summed E-state index contributed by atoms with van der Waals surface area (Å²) in [6.07, 6.45) is 2.25. The fraction of sp³-hybridized carbons (Fsp3) is 0.429. The Hall–Kier alpha value is -1.36. The van der Waals surface area contributed by atoms with E-state index in [9.17, 15) is 14.0 Å². The molecule has 1 heterocycles. The number of rotatable bonds is 5. The van der Waals surface area contributed by atoms with Crippen LogP contribution in [0, 0.1) is 5.82 Å². The van der Waals surface area contributed by atoms with Crippen LogP contribution in [0.4, 0.5) is 9.18 Å². The first-order chi connectivity index (χ1) is 9.11. The summed E-state index contributed by atoms with van der Waals surface area (Å²) in [6, 6.07) is 6.05. The van der Waals surface area contributed by atoms with E-state index in [4.69, 9.17) is 0 Å². The summed E-state index contributed by atoms with van der Waals surface area (Å²) in [7, 11) is 0. The van der Waals surface area contributed by atoms with Crippen LogP contribution in [-0.4, -0.2) is 27.8 Å². The predicted molar refractivity (Wildman–Crippen MR) is 73.5 cm³/mol. The van der Waals surface area contributed by atoms with Gasteiger partial charge in [0.15, 0.2) is 0 Å². The zero-order valence-electron chi connectivity index (χ0n) is 10.8. The van der Waals surface area contributed by atoms with Gasteiger partial charge in [-0.2, -0.15) is 0 Å². The number of hydrogen-bond donors (Lipinski definition) is 0. The Bertz CT molecular complexity index is 475.